The molecule has 2 N–H and O–H groups in total. The molecule has 1 aliphatic carbocycles. The maximum atomic E-state index is 13.8. The Balaban J connectivity index is 2.08. The molecule has 1 aromatic rings. The van der Waals surface area contributed by atoms with E-state index in [1.54, 1.807) is 12.1 Å². The minimum atomic E-state index is -0.321. The standard InChI is InChI=1S/C16H24FNO/c1-2-12-7-3-6-10-15(12)19-16(11-18)13-8-4-5-9-14(13)17/h4-5,8-9,12,15-16H,2-3,6-7,10-11,18H2,1H3. The van der Waals surface area contributed by atoms with E-state index in [9.17, 15) is 4.39 Å². The van der Waals surface area contributed by atoms with Crippen LogP contribution in [0.3, 0.4) is 0 Å². The molecule has 2 nitrogen and oxygen atoms in total. The van der Waals surface area contributed by atoms with E-state index in [2.05, 4.69) is 6.92 Å². The van der Waals surface area contributed by atoms with Crippen molar-refractivity contribution in [1.82, 2.24) is 0 Å². The van der Waals surface area contributed by atoms with Crippen molar-refractivity contribution in [3.63, 3.8) is 0 Å². The molecule has 3 heteroatoms. The normalized spacial score (nSPS) is 25.2. The molecule has 3 atom stereocenters. The Hall–Kier alpha value is -0.930. The Labute approximate surface area is 115 Å². The first-order chi connectivity index (χ1) is 9.26. The van der Waals surface area contributed by atoms with Crippen LogP contribution in [0.15, 0.2) is 24.3 Å². The summed E-state index contributed by atoms with van der Waals surface area (Å²) in [6, 6.07) is 6.78. The van der Waals surface area contributed by atoms with Crippen molar-refractivity contribution >= 4 is 0 Å². The van der Waals surface area contributed by atoms with Gasteiger partial charge in [0.2, 0.25) is 0 Å². The molecule has 0 aromatic heterocycles. The predicted molar refractivity (Wildman–Crippen MR) is 75.3 cm³/mol. The monoisotopic (exact) mass is 265 g/mol. The molecular weight excluding hydrogens is 241 g/mol. The van der Waals surface area contributed by atoms with Gasteiger partial charge >= 0.3 is 0 Å². The molecule has 0 amide bonds. The largest absolute Gasteiger partial charge is 0.369 e. The van der Waals surface area contributed by atoms with Crippen LogP contribution in [0.25, 0.3) is 0 Å². The molecule has 1 saturated carbocycles. The molecule has 0 heterocycles. The average molecular weight is 265 g/mol. The number of rotatable bonds is 5. The summed E-state index contributed by atoms with van der Waals surface area (Å²) >= 11 is 0. The Bertz CT molecular complexity index is 396. The zero-order chi connectivity index (χ0) is 13.7. The Kier molecular flexibility index (Phi) is 5.34. The zero-order valence-electron chi connectivity index (χ0n) is 11.6. The van der Waals surface area contributed by atoms with Gasteiger partial charge in [0.05, 0.1) is 12.2 Å². The van der Waals surface area contributed by atoms with E-state index >= 15 is 0 Å². The van der Waals surface area contributed by atoms with Gasteiger partial charge in [-0.15, -0.1) is 0 Å². The van der Waals surface area contributed by atoms with Crippen LogP contribution in [0.1, 0.15) is 50.7 Å². The number of halogens is 1. The molecule has 0 spiro atoms. The van der Waals surface area contributed by atoms with E-state index in [0.717, 1.165) is 12.8 Å². The SMILES string of the molecule is CCC1CCCCC1OC(CN)c1ccccc1F. The lowest BCUT2D eigenvalue weighted by atomic mass is 9.84. The van der Waals surface area contributed by atoms with Gasteiger partial charge in [0.15, 0.2) is 0 Å². The van der Waals surface area contributed by atoms with Gasteiger partial charge in [-0.2, -0.15) is 0 Å². The highest BCUT2D eigenvalue weighted by Crippen LogP contribution is 2.33. The molecule has 0 bridgehead atoms. The maximum Gasteiger partial charge on any atom is 0.129 e. The fourth-order valence-corrected chi connectivity index (χ4v) is 3.02. The van der Waals surface area contributed by atoms with Crippen molar-refractivity contribution in [2.24, 2.45) is 11.7 Å². The lowest BCUT2D eigenvalue weighted by molar-refractivity contribution is -0.0598. The number of nitrogens with two attached hydrogens (primary N) is 1. The number of benzene rings is 1. The maximum absolute atomic E-state index is 13.8. The van der Waals surface area contributed by atoms with E-state index in [0.29, 0.717) is 18.0 Å². The third-order valence-electron chi connectivity index (χ3n) is 4.17. The van der Waals surface area contributed by atoms with Gasteiger partial charge in [0.1, 0.15) is 5.82 Å². The van der Waals surface area contributed by atoms with E-state index < -0.39 is 0 Å². The summed E-state index contributed by atoms with van der Waals surface area (Å²) in [5.41, 5.74) is 6.37. The Morgan fingerprint density at radius 1 is 1.32 bits per heavy atom. The lowest BCUT2D eigenvalue weighted by Gasteiger charge is -2.33. The molecule has 1 fully saturated rings. The van der Waals surface area contributed by atoms with E-state index in [1.165, 1.54) is 25.3 Å². The quantitative estimate of drug-likeness (QED) is 0.878. The summed E-state index contributed by atoms with van der Waals surface area (Å²) in [6.45, 7) is 2.53. The molecule has 3 unspecified atom stereocenters. The van der Waals surface area contributed by atoms with Crippen molar-refractivity contribution in [3.05, 3.63) is 35.6 Å². The summed E-state index contributed by atoms with van der Waals surface area (Å²) in [6.07, 6.45) is 5.81. The number of ether oxygens (including phenoxy) is 1. The van der Waals surface area contributed by atoms with Crippen molar-refractivity contribution in [2.75, 3.05) is 6.54 Å². The van der Waals surface area contributed by atoms with Gasteiger partial charge in [-0.25, -0.2) is 4.39 Å². The average Bonchev–Trinajstić information content (AvgIpc) is 2.46. The first-order valence-corrected chi connectivity index (χ1v) is 7.36. The highest BCUT2D eigenvalue weighted by Gasteiger charge is 2.28. The molecule has 2 rings (SSSR count). The van der Waals surface area contributed by atoms with Gasteiger partial charge < -0.3 is 10.5 Å². The smallest absolute Gasteiger partial charge is 0.129 e. The second-order valence-electron chi connectivity index (χ2n) is 5.37. The van der Waals surface area contributed by atoms with Gasteiger partial charge in [0.25, 0.3) is 0 Å². The molecular formula is C16H24FNO. The summed E-state index contributed by atoms with van der Waals surface area (Å²) < 4.78 is 20.0. The summed E-state index contributed by atoms with van der Waals surface area (Å²) in [7, 11) is 0. The fraction of sp³-hybridized carbons (Fsp3) is 0.625. The predicted octanol–water partition coefficient (Wildman–Crippen LogP) is 3.81. The highest BCUT2D eigenvalue weighted by molar-refractivity contribution is 5.20. The molecule has 1 aromatic carbocycles. The van der Waals surface area contributed by atoms with Crippen LogP contribution in [0.4, 0.5) is 4.39 Å². The number of hydrogen-bond acceptors (Lipinski definition) is 2. The molecule has 1 aliphatic rings. The highest BCUT2D eigenvalue weighted by atomic mass is 19.1. The van der Waals surface area contributed by atoms with Crippen molar-refractivity contribution in [2.45, 2.75) is 51.2 Å². The minimum absolute atomic E-state index is 0.221. The van der Waals surface area contributed by atoms with E-state index in [1.807, 2.05) is 6.07 Å². The molecule has 0 radical (unpaired) electrons. The van der Waals surface area contributed by atoms with Crippen LogP contribution in [0, 0.1) is 11.7 Å². The minimum Gasteiger partial charge on any atom is -0.369 e. The second-order valence-corrected chi connectivity index (χ2v) is 5.37. The molecule has 19 heavy (non-hydrogen) atoms. The van der Waals surface area contributed by atoms with Crippen LogP contribution in [0.2, 0.25) is 0 Å². The Morgan fingerprint density at radius 2 is 2.05 bits per heavy atom. The van der Waals surface area contributed by atoms with Crippen LogP contribution in [-0.2, 0) is 4.74 Å². The van der Waals surface area contributed by atoms with Gasteiger partial charge in [-0.3, -0.25) is 0 Å². The van der Waals surface area contributed by atoms with Gasteiger partial charge in [-0.05, 0) is 24.8 Å². The van der Waals surface area contributed by atoms with Crippen molar-refractivity contribution < 1.29 is 9.13 Å². The van der Waals surface area contributed by atoms with Crippen molar-refractivity contribution in [3.8, 4) is 0 Å². The summed E-state index contributed by atoms with van der Waals surface area (Å²) in [4.78, 5) is 0. The third kappa shape index (κ3) is 3.54. The van der Waals surface area contributed by atoms with Gasteiger partial charge in [0, 0.05) is 12.1 Å². The second kappa shape index (κ2) is 7.01. The van der Waals surface area contributed by atoms with E-state index in [4.69, 9.17) is 10.5 Å². The Morgan fingerprint density at radius 3 is 2.74 bits per heavy atom. The van der Waals surface area contributed by atoms with Crippen LogP contribution < -0.4 is 5.73 Å². The lowest BCUT2D eigenvalue weighted by Crippen LogP contribution is -2.31. The van der Waals surface area contributed by atoms with Crippen LogP contribution in [-0.4, -0.2) is 12.6 Å². The van der Waals surface area contributed by atoms with Crippen LogP contribution >= 0.6 is 0 Å². The molecule has 0 saturated heterocycles. The molecule has 0 aliphatic heterocycles. The third-order valence-corrected chi connectivity index (χ3v) is 4.17. The first kappa shape index (κ1) is 14.5. The zero-order valence-corrected chi connectivity index (χ0v) is 11.6. The first-order valence-electron chi connectivity index (χ1n) is 7.36. The van der Waals surface area contributed by atoms with Crippen molar-refractivity contribution in [1.29, 1.82) is 0 Å². The summed E-state index contributed by atoms with van der Waals surface area (Å²) in [5, 5.41) is 0. The van der Waals surface area contributed by atoms with Gasteiger partial charge in [-0.1, -0.05) is 44.4 Å². The van der Waals surface area contributed by atoms with Crippen LogP contribution in [0.5, 0.6) is 0 Å². The topological polar surface area (TPSA) is 35.2 Å². The number of hydrogen-bond donors (Lipinski definition) is 1. The van der Waals surface area contributed by atoms with E-state index in [-0.39, 0.29) is 18.0 Å². The summed E-state index contributed by atoms with van der Waals surface area (Å²) in [5.74, 6) is 0.372. The molecule has 106 valence electrons. The fourth-order valence-electron chi connectivity index (χ4n) is 3.02.